The molecule has 1 aliphatic rings. The van der Waals surface area contributed by atoms with Crippen LogP contribution in [-0.4, -0.2) is 24.5 Å². The van der Waals surface area contributed by atoms with Gasteiger partial charge in [0, 0.05) is 12.1 Å². The molecule has 0 bridgehead atoms. The molecule has 0 spiro atoms. The van der Waals surface area contributed by atoms with Crippen LogP contribution in [-0.2, 0) is 4.79 Å². The van der Waals surface area contributed by atoms with Gasteiger partial charge in [0.05, 0.1) is 6.54 Å². The maximum Gasteiger partial charge on any atom is 0.233 e. The summed E-state index contributed by atoms with van der Waals surface area (Å²) in [5, 5.41) is 6.25. The van der Waals surface area contributed by atoms with Gasteiger partial charge in [-0.2, -0.15) is 0 Å². The fraction of sp³-hybridized carbons (Fsp3) is 0.917. The van der Waals surface area contributed by atoms with Gasteiger partial charge in [0.15, 0.2) is 0 Å². The van der Waals surface area contributed by atoms with E-state index in [0.717, 1.165) is 25.3 Å². The fourth-order valence-electron chi connectivity index (χ4n) is 1.68. The van der Waals surface area contributed by atoms with Gasteiger partial charge in [0.2, 0.25) is 5.91 Å². The van der Waals surface area contributed by atoms with Gasteiger partial charge in [0.1, 0.15) is 0 Å². The molecule has 3 nitrogen and oxygen atoms in total. The second-order valence-corrected chi connectivity index (χ2v) is 5.23. The first-order chi connectivity index (χ1) is 7.03. The Morgan fingerprint density at radius 3 is 2.60 bits per heavy atom. The van der Waals surface area contributed by atoms with E-state index in [4.69, 9.17) is 0 Å². The first-order valence-electron chi connectivity index (χ1n) is 6.05. The number of carbonyl (C=O) groups is 1. The molecular formula is C12H24N2O. The molecule has 3 heteroatoms. The Kier molecular flexibility index (Phi) is 4.58. The molecule has 0 heterocycles. The van der Waals surface area contributed by atoms with Crippen LogP contribution in [0, 0.1) is 5.92 Å². The molecular weight excluding hydrogens is 188 g/mol. The molecule has 1 aliphatic carbocycles. The lowest BCUT2D eigenvalue weighted by Gasteiger charge is -2.25. The highest BCUT2D eigenvalue weighted by Gasteiger charge is 2.22. The maximum atomic E-state index is 11.5. The highest BCUT2D eigenvalue weighted by Crippen LogP contribution is 2.27. The zero-order chi connectivity index (χ0) is 11.3. The summed E-state index contributed by atoms with van der Waals surface area (Å²) < 4.78 is 0. The Morgan fingerprint density at radius 2 is 2.07 bits per heavy atom. The van der Waals surface area contributed by atoms with Crippen LogP contribution >= 0.6 is 0 Å². The monoisotopic (exact) mass is 212 g/mol. The van der Waals surface area contributed by atoms with Crippen LogP contribution in [0.4, 0.5) is 0 Å². The van der Waals surface area contributed by atoms with E-state index in [9.17, 15) is 4.79 Å². The molecule has 1 saturated carbocycles. The highest BCUT2D eigenvalue weighted by molar-refractivity contribution is 5.78. The summed E-state index contributed by atoms with van der Waals surface area (Å²) in [5.41, 5.74) is 0.0751. The van der Waals surface area contributed by atoms with Crippen LogP contribution in [0.3, 0.4) is 0 Å². The quantitative estimate of drug-likeness (QED) is 0.674. The van der Waals surface area contributed by atoms with Crippen molar-refractivity contribution in [2.45, 2.75) is 52.0 Å². The van der Waals surface area contributed by atoms with Gasteiger partial charge in [-0.3, -0.25) is 4.79 Å². The maximum absolute atomic E-state index is 11.5. The molecule has 0 unspecified atom stereocenters. The molecule has 0 aromatic carbocycles. The van der Waals surface area contributed by atoms with E-state index in [1.807, 2.05) is 0 Å². The van der Waals surface area contributed by atoms with Crippen molar-refractivity contribution in [1.29, 1.82) is 0 Å². The lowest BCUT2D eigenvalue weighted by molar-refractivity contribution is -0.120. The van der Waals surface area contributed by atoms with E-state index in [-0.39, 0.29) is 11.4 Å². The topological polar surface area (TPSA) is 41.1 Å². The van der Waals surface area contributed by atoms with Crippen LogP contribution in [0.2, 0.25) is 0 Å². The summed E-state index contributed by atoms with van der Waals surface area (Å²) >= 11 is 0. The van der Waals surface area contributed by atoms with Crippen LogP contribution < -0.4 is 10.6 Å². The smallest absolute Gasteiger partial charge is 0.233 e. The third-order valence-electron chi connectivity index (χ3n) is 2.89. The van der Waals surface area contributed by atoms with Gasteiger partial charge in [0.25, 0.3) is 0 Å². The average molecular weight is 212 g/mol. The van der Waals surface area contributed by atoms with Gasteiger partial charge >= 0.3 is 0 Å². The number of amides is 1. The molecule has 0 radical (unpaired) electrons. The SMILES string of the molecule is CCCC(C)(C)NCC(=O)NCC1CC1. The van der Waals surface area contributed by atoms with Crippen molar-refractivity contribution >= 4 is 5.91 Å². The minimum Gasteiger partial charge on any atom is -0.355 e. The standard InChI is InChI=1S/C12H24N2O/c1-4-7-12(2,3)14-9-11(15)13-8-10-5-6-10/h10,14H,4-9H2,1-3H3,(H,13,15). The summed E-state index contributed by atoms with van der Waals surface area (Å²) in [7, 11) is 0. The summed E-state index contributed by atoms with van der Waals surface area (Å²) in [6.07, 6.45) is 4.82. The van der Waals surface area contributed by atoms with Crippen molar-refractivity contribution < 1.29 is 4.79 Å². The molecule has 1 amide bonds. The number of rotatable bonds is 7. The summed E-state index contributed by atoms with van der Waals surface area (Å²) in [6, 6.07) is 0. The van der Waals surface area contributed by atoms with E-state index in [2.05, 4.69) is 31.4 Å². The van der Waals surface area contributed by atoms with Gasteiger partial charge in [-0.05, 0) is 39.0 Å². The Balaban J connectivity index is 2.08. The molecule has 1 rings (SSSR count). The van der Waals surface area contributed by atoms with Gasteiger partial charge < -0.3 is 10.6 Å². The minimum atomic E-state index is 0.0751. The van der Waals surface area contributed by atoms with E-state index < -0.39 is 0 Å². The Hall–Kier alpha value is -0.570. The van der Waals surface area contributed by atoms with E-state index >= 15 is 0 Å². The Morgan fingerprint density at radius 1 is 1.40 bits per heavy atom. The van der Waals surface area contributed by atoms with Crippen molar-refractivity contribution in [3.8, 4) is 0 Å². The average Bonchev–Trinajstić information content (AvgIpc) is 2.95. The molecule has 0 aromatic heterocycles. The van der Waals surface area contributed by atoms with Gasteiger partial charge in [-0.1, -0.05) is 13.3 Å². The number of nitrogens with one attached hydrogen (secondary N) is 2. The number of carbonyl (C=O) groups excluding carboxylic acids is 1. The van der Waals surface area contributed by atoms with Crippen molar-refractivity contribution in [2.75, 3.05) is 13.1 Å². The molecule has 0 aromatic rings. The van der Waals surface area contributed by atoms with Crippen LogP contribution in [0.1, 0.15) is 46.5 Å². The van der Waals surface area contributed by atoms with Gasteiger partial charge in [-0.15, -0.1) is 0 Å². The zero-order valence-corrected chi connectivity index (χ0v) is 10.2. The van der Waals surface area contributed by atoms with Gasteiger partial charge in [-0.25, -0.2) is 0 Å². The predicted octanol–water partition coefficient (Wildman–Crippen LogP) is 1.68. The van der Waals surface area contributed by atoms with E-state index in [1.54, 1.807) is 0 Å². The lowest BCUT2D eigenvalue weighted by Crippen LogP contribution is -2.45. The first-order valence-corrected chi connectivity index (χ1v) is 6.05. The molecule has 88 valence electrons. The van der Waals surface area contributed by atoms with E-state index in [0.29, 0.717) is 6.54 Å². The molecule has 0 saturated heterocycles. The van der Waals surface area contributed by atoms with Crippen molar-refractivity contribution in [3.05, 3.63) is 0 Å². The Bertz CT molecular complexity index is 210. The third kappa shape index (κ3) is 5.78. The second-order valence-electron chi connectivity index (χ2n) is 5.23. The number of hydrogen-bond donors (Lipinski definition) is 2. The summed E-state index contributed by atoms with van der Waals surface area (Å²) in [4.78, 5) is 11.5. The Labute approximate surface area is 93.0 Å². The highest BCUT2D eigenvalue weighted by atomic mass is 16.1. The molecule has 15 heavy (non-hydrogen) atoms. The molecule has 0 aliphatic heterocycles. The van der Waals surface area contributed by atoms with Crippen molar-refractivity contribution in [1.82, 2.24) is 10.6 Å². The molecule has 2 N–H and O–H groups in total. The number of hydrogen-bond acceptors (Lipinski definition) is 2. The van der Waals surface area contributed by atoms with E-state index in [1.165, 1.54) is 12.8 Å². The third-order valence-corrected chi connectivity index (χ3v) is 2.89. The summed E-state index contributed by atoms with van der Waals surface area (Å²) in [6.45, 7) is 7.76. The zero-order valence-electron chi connectivity index (χ0n) is 10.2. The first kappa shape index (κ1) is 12.5. The minimum absolute atomic E-state index is 0.0751. The molecule has 1 fully saturated rings. The molecule has 0 atom stereocenters. The van der Waals surface area contributed by atoms with Crippen LogP contribution in [0.25, 0.3) is 0 Å². The summed E-state index contributed by atoms with van der Waals surface area (Å²) in [5.74, 6) is 0.892. The van der Waals surface area contributed by atoms with Crippen LogP contribution in [0.5, 0.6) is 0 Å². The largest absolute Gasteiger partial charge is 0.355 e. The normalized spacial score (nSPS) is 16.5. The lowest BCUT2D eigenvalue weighted by atomic mass is 9.99. The van der Waals surface area contributed by atoms with Crippen molar-refractivity contribution in [3.63, 3.8) is 0 Å². The second kappa shape index (κ2) is 5.50. The fourth-order valence-corrected chi connectivity index (χ4v) is 1.68. The predicted molar refractivity (Wildman–Crippen MR) is 62.7 cm³/mol. The van der Waals surface area contributed by atoms with Crippen molar-refractivity contribution in [2.24, 2.45) is 5.92 Å². The van der Waals surface area contributed by atoms with Crippen LogP contribution in [0.15, 0.2) is 0 Å².